The van der Waals surface area contributed by atoms with E-state index in [9.17, 15) is 4.79 Å². The van der Waals surface area contributed by atoms with E-state index in [1.165, 1.54) is 17.6 Å². The van der Waals surface area contributed by atoms with Gasteiger partial charge in [-0.15, -0.1) is 0 Å². The number of aromatic nitrogens is 2. The molecule has 3 aromatic heterocycles. The second kappa shape index (κ2) is 6.97. The second-order valence-electron chi connectivity index (χ2n) is 4.62. The minimum atomic E-state index is -1.02. The van der Waals surface area contributed by atoms with Crippen LogP contribution in [-0.2, 0) is 4.79 Å². The van der Waals surface area contributed by atoms with Gasteiger partial charge in [-0.2, -0.15) is 4.98 Å². The first-order chi connectivity index (χ1) is 12.1. The van der Waals surface area contributed by atoms with Gasteiger partial charge in [-0.05, 0) is 24.3 Å². The molecule has 0 radical (unpaired) electrons. The van der Waals surface area contributed by atoms with Crippen molar-refractivity contribution >= 4 is 45.1 Å². The normalized spacial score (nSPS) is 10.2. The van der Waals surface area contributed by atoms with Crippen LogP contribution in [0.4, 0.5) is 0 Å². The molecule has 2 N–H and O–H groups in total. The van der Waals surface area contributed by atoms with Crippen molar-refractivity contribution in [3.8, 4) is 10.9 Å². The van der Waals surface area contributed by atoms with Crippen LogP contribution < -0.4 is 4.74 Å². The highest BCUT2D eigenvalue weighted by atomic mass is 32.1. The zero-order chi connectivity index (χ0) is 17.8. The summed E-state index contributed by atoms with van der Waals surface area (Å²) in [5.74, 6) is -0.498. The van der Waals surface area contributed by atoms with E-state index in [0.29, 0.717) is 27.6 Å². The number of pyridine rings is 1. The van der Waals surface area contributed by atoms with Crippen LogP contribution >= 0.6 is 11.3 Å². The maximum absolute atomic E-state index is 11.0. The number of furan rings is 1. The first kappa shape index (κ1) is 16.4. The van der Waals surface area contributed by atoms with Gasteiger partial charge in [0.15, 0.2) is 5.65 Å². The van der Waals surface area contributed by atoms with Crippen LogP contribution in [0.3, 0.4) is 0 Å². The number of nitrogens with zero attached hydrogens (tertiary/aromatic N) is 2. The highest BCUT2D eigenvalue weighted by Gasteiger charge is 2.14. The maximum Gasteiger partial charge on any atom is 0.339 e. The summed E-state index contributed by atoms with van der Waals surface area (Å²) in [5.41, 5.74) is 1.22. The van der Waals surface area contributed by atoms with E-state index < -0.39 is 5.97 Å². The molecule has 0 aliphatic rings. The fourth-order valence-electron chi connectivity index (χ4n) is 2.13. The summed E-state index contributed by atoms with van der Waals surface area (Å²) in [6, 6.07) is 8.74. The van der Waals surface area contributed by atoms with Crippen molar-refractivity contribution in [1.29, 1.82) is 0 Å². The van der Waals surface area contributed by atoms with Gasteiger partial charge in [0.25, 0.3) is 11.7 Å². The monoisotopic (exact) mass is 358 g/mol. The predicted molar refractivity (Wildman–Crippen MR) is 89.4 cm³/mol. The van der Waals surface area contributed by atoms with Gasteiger partial charge in [-0.1, -0.05) is 11.3 Å². The molecule has 9 heteroatoms. The van der Waals surface area contributed by atoms with Crippen molar-refractivity contribution in [2.45, 2.75) is 0 Å². The Bertz CT molecular complexity index is 1020. The molecule has 0 saturated heterocycles. The molecular formula is C16H10N2O6S. The van der Waals surface area contributed by atoms with Gasteiger partial charge >= 0.3 is 5.97 Å². The number of fused-ring (bicyclic) bond motifs is 2. The van der Waals surface area contributed by atoms with E-state index in [1.807, 2.05) is 12.1 Å². The van der Waals surface area contributed by atoms with Crippen LogP contribution in [0.25, 0.3) is 21.3 Å². The lowest BCUT2D eigenvalue weighted by atomic mass is 10.2. The number of carboxylic acids is 1. The fraction of sp³-hybridized carbons (Fsp3) is 0. The molecule has 4 rings (SSSR count). The van der Waals surface area contributed by atoms with Gasteiger partial charge in [-0.25, -0.2) is 9.78 Å². The topological polar surface area (TPSA) is 123 Å². The number of benzene rings is 1. The average molecular weight is 358 g/mol. The third kappa shape index (κ3) is 3.40. The van der Waals surface area contributed by atoms with Gasteiger partial charge in [-0.3, -0.25) is 4.79 Å². The number of carbonyl (C=O) groups is 2. The van der Waals surface area contributed by atoms with E-state index >= 15 is 0 Å². The second-order valence-corrected chi connectivity index (χ2v) is 5.62. The number of carboxylic acid groups (broad SMARTS) is 2. The first-order valence-electron chi connectivity index (χ1n) is 6.84. The molecule has 0 amide bonds. The lowest BCUT2D eigenvalue weighted by Gasteiger charge is -2.00. The lowest BCUT2D eigenvalue weighted by Crippen LogP contribution is -1.93. The number of hydrogen-bond donors (Lipinski definition) is 2. The van der Waals surface area contributed by atoms with Crippen molar-refractivity contribution in [2.24, 2.45) is 0 Å². The summed E-state index contributed by atoms with van der Waals surface area (Å²) in [7, 11) is 0. The smallest absolute Gasteiger partial charge is 0.339 e. The quantitative estimate of drug-likeness (QED) is 0.532. The Labute approximate surface area is 143 Å². The molecular weight excluding hydrogens is 348 g/mol. The summed E-state index contributed by atoms with van der Waals surface area (Å²) < 4.78 is 11.9. The Hall–Kier alpha value is -3.46. The van der Waals surface area contributed by atoms with Crippen LogP contribution in [0.5, 0.6) is 10.9 Å². The van der Waals surface area contributed by atoms with Gasteiger partial charge in [0.05, 0.1) is 4.70 Å². The molecule has 0 fully saturated rings. The van der Waals surface area contributed by atoms with Gasteiger partial charge in [0, 0.05) is 17.6 Å². The van der Waals surface area contributed by atoms with Crippen LogP contribution in [0.15, 0.2) is 47.2 Å². The van der Waals surface area contributed by atoms with Crippen molar-refractivity contribution in [3.05, 3.63) is 48.4 Å². The third-order valence-corrected chi connectivity index (χ3v) is 4.02. The highest BCUT2D eigenvalue weighted by Crippen LogP contribution is 2.32. The Balaban J connectivity index is 0.000000569. The fourth-order valence-corrected chi connectivity index (χ4v) is 2.93. The van der Waals surface area contributed by atoms with Crippen LogP contribution in [0, 0.1) is 0 Å². The zero-order valence-electron chi connectivity index (χ0n) is 12.4. The SMILES string of the molecule is O=C(O)c1coc2cc(Oc3nc4ncccc4s3)ccc12.O=CO. The van der Waals surface area contributed by atoms with E-state index in [0.717, 1.165) is 4.70 Å². The molecule has 8 nitrogen and oxygen atoms in total. The third-order valence-electron chi connectivity index (χ3n) is 3.13. The van der Waals surface area contributed by atoms with E-state index in [4.69, 9.17) is 24.2 Å². The number of rotatable bonds is 3. The molecule has 126 valence electrons. The highest BCUT2D eigenvalue weighted by molar-refractivity contribution is 7.20. The molecule has 1 aromatic carbocycles. The summed E-state index contributed by atoms with van der Waals surface area (Å²) in [5, 5.41) is 16.9. The average Bonchev–Trinajstić information content (AvgIpc) is 3.18. The minimum absolute atomic E-state index is 0.130. The lowest BCUT2D eigenvalue weighted by molar-refractivity contribution is -0.122. The minimum Gasteiger partial charge on any atom is -0.483 e. The molecule has 4 aromatic rings. The Kier molecular flexibility index (Phi) is 4.57. The number of thiazole rings is 1. The predicted octanol–water partition coefficient (Wildman–Crippen LogP) is 3.63. The molecule has 3 heterocycles. The Morgan fingerprint density at radius 2 is 2.12 bits per heavy atom. The summed E-state index contributed by atoms with van der Waals surface area (Å²) in [6.45, 7) is -0.250. The van der Waals surface area contributed by atoms with Crippen molar-refractivity contribution in [1.82, 2.24) is 9.97 Å². The maximum atomic E-state index is 11.0. The molecule has 0 aliphatic heterocycles. The van der Waals surface area contributed by atoms with Crippen LogP contribution in [0.2, 0.25) is 0 Å². The number of aromatic carboxylic acids is 1. The Morgan fingerprint density at radius 1 is 1.32 bits per heavy atom. The van der Waals surface area contributed by atoms with Gasteiger partial charge in [0.1, 0.15) is 23.2 Å². The van der Waals surface area contributed by atoms with Gasteiger partial charge in [0.2, 0.25) is 0 Å². The number of ether oxygens (including phenoxy) is 1. The van der Waals surface area contributed by atoms with Gasteiger partial charge < -0.3 is 19.4 Å². The molecule has 0 spiro atoms. The number of hydrogen-bond acceptors (Lipinski definition) is 7. The van der Waals surface area contributed by atoms with Crippen LogP contribution in [-0.4, -0.2) is 32.6 Å². The molecule has 0 aliphatic carbocycles. The molecule has 0 saturated carbocycles. The van der Waals surface area contributed by atoms with E-state index in [1.54, 1.807) is 24.4 Å². The summed E-state index contributed by atoms with van der Waals surface area (Å²) in [4.78, 5) is 27.8. The van der Waals surface area contributed by atoms with E-state index in [-0.39, 0.29) is 12.0 Å². The molecule has 0 bridgehead atoms. The molecule has 0 unspecified atom stereocenters. The molecule has 0 atom stereocenters. The van der Waals surface area contributed by atoms with Crippen LogP contribution in [0.1, 0.15) is 10.4 Å². The summed E-state index contributed by atoms with van der Waals surface area (Å²) >= 11 is 1.39. The largest absolute Gasteiger partial charge is 0.483 e. The standard InChI is InChI=1S/C15H8N2O4S.CH2O2/c18-14(19)10-7-20-11-6-8(3-4-9(10)11)21-15-17-13-12(22-15)2-1-5-16-13;2-1-3/h1-7H,(H,18,19);1H,(H,2,3). The van der Waals surface area contributed by atoms with Crippen molar-refractivity contribution in [3.63, 3.8) is 0 Å². The Morgan fingerprint density at radius 3 is 2.84 bits per heavy atom. The summed E-state index contributed by atoms with van der Waals surface area (Å²) in [6.07, 6.45) is 2.90. The van der Waals surface area contributed by atoms with E-state index in [2.05, 4.69) is 9.97 Å². The zero-order valence-corrected chi connectivity index (χ0v) is 13.3. The van der Waals surface area contributed by atoms with Crippen molar-refractivity contribution in [2.75, 3.05) is 0 Å². The van der Waals surface area contributed by atoms with Crippen molar-refractivity contribution < 1.29 is 29.0 Å². The first-order valence-corrected chi connectivity index (χ1v) is 7.66. The molecule has 25 heavy (non-hydrogen) atoms.